The van der Waals surface area contributed by atoms with Gasteiger partial charge in [0.25, 0.3) is 11.8 Å². The minimum Gasteiger partial charge on any atom is -0.336 e. The van der Waals surface area contributed by atoms with Crippen LogP contribution in [0.3, 0.4) is 0 Å². The Hall–Kier alpha value is -2.22. The molecular formula is C18H21Cl2N5O2. The van der Waals surface area contributed by atoms with Crippen molar-refractivity contribution in [3.8, 4) is 0 Å². The number of benzene rings is 1. The summed E-state index contributed by atoms with van der Waals surface area (Å²) < 4.78 is 0. The monoisotopic (exact) mass is 409 g/mol. The molecule has 2 N–H and O–H groups in total. The van der Waals surface area contributed by atoms with E-state index in [4.69, 9.17) is 11.6 Å². The molecule has 1 saturated heterocycles. The van der Waals surface area contributed by atoms with Gasteiger partial charge in [0.15, 0.2) is 11.4 Å². The summed E-state index contributed by atoms with van der Waals surface area (Å²) in [6, 6.07) is 6.95. The Balaban J connectivity index is 0.00000261. The molecule has 1 aliphatic heterocycles. The second kappa shape index (κ2) is 9.64. The molecule has 0 radical (unpaired) electrons. The standard InChI is InChI=1S/C18H20ClN5O2.ClH/c1-20-14-3-2-10-24(11-14)18(26)16-15(21-8-9-22-16)17(25)23-13-6-4-12(19)5-7-13;/h4-9,14,20H,2-3,10-11H2,1H3,(H,23,25);1H. The second-order valence-corrected chi connectivity index (χ2v) is 6.53. The summed E-state index contributed by atoms with van der Waals surface area (Å²) >= 11 is 5.85. The van der Waals surface area contributed by atoms with Crippen LogP contribution in [0, 0.1) is 0 Å². The summed E-state index contributed by atoms with van der Waals surface area (Å²) in [5, 5.41) is 6.49. The zero-order valence-electron chi connectivity index (χ0n) is 14.8. The van der Waals surface area contributed by atoms with E-state index in [-0.39, 0.29) is 35.7 Å². The summed E-state index contributed by atoms with van der Waals surface area (Å²) in [4.78, 5) is 35.4. The van der Waals surface area contributed by atoms with E-state index in [0.717, 1.165) is 12.8 Å². The van der Waals surface area contributed by atoms with Gasteiger partial charge in [0.05, 0.1) is 0 Å². The molecule has 1 atom stereocenters. The number of carbonyl (C=O) groups excluding carboxylic acids is 2. The van der Waals surface area contributed by atoms with Gasteiger partial charge in [0.1, 0.15) is 0 Å². The molecule has 2 aromatic rings. The van der Waals surface area contributed by atoms with Crippen molar-refractivity contribution in [1.82, 2.24) is 20.2 Å². The number of likely N-dealkylation sites (N-methyl/N-ethyl adjacent to an activating group) is 1. The molecule has 2 amide bonds. The Morgan fingerprint density at radius 1 is 1.15 bits per heavy atom. The molecule has 3 rings (SSSR count). The van der Waals surface area contributed by atoms with Crippen LogP contribution in [0.15, 0.2) is 36.7 Å². The predicted octanol–water partition coefficient (Wildman–Crippen LogP) is 2.63. The van der Waals surface area contributed by atoms with Crippen LogP contribution < -0.4 is 10.6 Å². The number of likely N-dealkylation sites (tertiary alicyclic amines) is 1. The number of carbonyl (C=O) groups is 2. The molecule has 144 valence electrons. The number of hydrogen-bond acceptors (Lipinski definition) is 5. The highest BCUT2D eigenvalue weighted by Gasteiger charge is 2.28. The highest BCUT2D eigenvalue weighted by atomic mass is 35.5. The largest absolute Gasteiger partial charge is 0.336 e. The first-order chi connectivity index (χ1) is 12.6. The number of hydrogen-bond donors (Lipinski definition) is 2. The van der Waals surface area contributed by atoms with E-state index in [2.05, 4.69) is 20.6 Å². The Bertz CT molecular complexity index is 801. The third-order valence-electron chi connectivity index (χ3n) is 4.33. The van der Waals surface area contributed by atoms with E-state index < -0.39 is 5.91 Å². The molecule has 1 aromatic heterocycles. The van der Waals surface area contributed by atoms with Crippen molar-refractivity contribution in [2.24, 2.45) is 0 Å². The van der Waals surface area contributed by atoms with E-state index in [1.807, 2.05) is 7.05 Å². The fraction of sp³-hybridized carbons (Fsp3) is 0.333. The maximum Gasteiger partial charge on any atom is 0.276 e. The normalized spacial score (nSPS) is 16.4. The van der Waals surface area contributed by atoms with Gasteiger partial charge in [-0.2, -0.15) is 0 Å². The van der Waals surface area contributed by atoms with Gasteiger partial charge in [-0.1, -0.05) is 11.6 Å². The Kier molecular flexibility index (Phi) is 7.53. The summed E-state index contributed by atoms with van der Waals surface area (Å²) in [5.41, 5.74) is 0.645. The number of rotatable bonds is 4. The molecule has 0 aliphatic carbocycles. The molecule has 2 heterocycles. The van der Waals surface area contributed by atoms with Crippen LogP contribution >= 0.6 is 24.0 Å². The van der Waals surface area contributed by atoms with Crippen molar-refractivity contribution in [2.75, 3.05) is 25.5 Å². The van der Waals surface area contributed by atoms with Gasteiger partial charge in [-0.15, -0.1) is 12.4 Å². The second-order valence-electron chi connectivity index (χ2n) is 6.09. The average Bonchev–Trinajstić information content (AvgIpc) is 2.69. The summed E-state index contributed by atoms with van der Waals surface area (Å²) in [6.45, 7) is 1.23. The smallest absolute Gasteiger partial charge is 0.276 e. The number of nitrogens with one attached hydrogen (secondary N) is 2. The minimum atomic E-state index is -0.481. The molecule has 1 fully saturated rings. The number of aromatic nitrogens is 2. The van der Waals surface area contributed by atoms with Crippen LogP contribution in [0.25, 0.3) is 0 Å². The van der Waals surface area contributed by atoms with Gasteiger partial charge in [-0.05, 0) is 44.2 Å². The molecule has 9 heteroatoms. The summed E-state index contributed by atoms with van der Waals surface area (Å²) in [6.07, 6.45) is 4.75. The molecule has 1 aromatic carbocycles. The zero-order chi connectivity index (χ0) is 18.5. The summed E-state index contributed by atoms with van der Waals surface area (Å²) in [5.74, 6) is -0.759. The van der Waals surface area contributed by atoms with Crippen molar-refractivity contribution >= 4 is 41.5 Å². The highest BCUT2D eigenvalue weighted by Crippen LogP contribution is 2.17. The van der Waals surface area contributed by atoms with Crippen LogP contribution in [0.5, 0.6) is 0 Å². The molecule has 7 nitrogen and oxygen atoms in total. The third-order valence-corrected chi connectivity index (χ3v) is 4.59. The van der Waals surface area contributed by atoms with Gasteiger partial charge < -0.3 is 15.5 Å². The van der Waals surface area contributed by atoms with Crippen LogP contribution in [0.1, 0.15) is 33.8 Å². The molecule has 0 spiro atoms. The highest BCUT2D eigenvalue weighted by molar-refractivity contribution is 6.30. The fourth-order valence-electron chi connectivity index (χ4n) is 2.93. The number of anilines is 1. The number of amides is 2. The van der Waals surface area contributed by atoms with Gasteiger partial charge in [-0.25, -0.2) is 9.97 Å². The average molecular weight is 410 g/mol. The van der Waals surface area contributed by atoms with Crippen molar-refractivity contribution in [2.45, 2.75) is 18.9 Å². The van der Waals surface area contributed by atoms with E-state index >= 15 is 0 Å². The van der Waals surface area contributed by atoms with E-state index in [9.17, 15) is 9.59 Å². The SMILES string of the molecule is CNC1CCCN(C(=O)c2nccnc2C(=O)Nc2ccc(Cl)cc2)C1.Cl. The van der Waals surface area contributed by atoms with Gasteiger partial charge in [0, 0.05) is 42.2 Å². The Morgan fingerprint density at radius 2 is 1.81 bits per heavy atom. The summed E-state index contributed by atoms with van der Waals surface area (Å²) in [7, 11) is 1.88. The van der Waals surface area contributed by atoms with Crippen molar-refractivity contribution in [3.63, 3.8) is 0 Å². The molecule has 1 aliphatic rings. The molecule has 27 heavy (non-hydrogen) atoms. The van der Waals surface area contributed by atoms with Crippen LogP contribution in [0.2, 0.25) is 5.02 Å². The van der Waals surface area contributed by atoms with E-state index in [1.54, 1.807) is 29.2 Å². The lowest BCUT2D eigenvalue weighted by Crippen LogP contribution is -2.47. The zero-order valence-corrected chi connectivity index (χ0v) is 16.4. The maximum absolute atomic E-state index is 12.9. The third kappa shape index (κ3) is 5.15. The Morgan fingerprint density at radius 3 is 2.48 bits per heavy atom. The molecule has 1 unspecified atom stereocenters. The topological polar surface area (TPSA) is 87.2 Å². The number of piperidine rings is 1. The number of halogens is 2. The minimum absolute atomic E-state index is 0. The predicted molar refractivity (Wildman–Crippen MR) is 107 cm³/mol. The first kappa shape index (κ1) is 21.1. The molecule has 0 bridgehead atoms. The lowest BCUT2D eigenvalue weighted by molar-refractivity contribution is 0.0687. The quantitative estimate of drug-likeness (QED) is 0.809. The van der Waals surface area contributed by atoms with E-state index in [1.165, 1.54) is 12.4 Å². The van der Waals surface area contributed by atoms with Crippen molar-refractivity contribution in [3.05, 3.63) is 53.1 Å². The number of nitrogens with zero attached hydrogens (tertiary/aromatic N) is 3. The van der Waals surface area contributed by atoms with Crippen molar-refractivity contribution < 1.29 is 9.59 Å². The molecular weight excluding hydrogens is 389 g/mol. The first-order valence-corrected chi connectivity index (χ1v) is 8.80. The fourth-order valence-corrected chi connectivity index (χ4v) is 3.06. The van der Waals surface area contributed by atoms with E-state index in [0.29, 0.717) is 23.8 Å². The van der Waals surface area contributed by atoms with Crippen LogP contribution in [-0.2, 0) is 0 Å². The maximum atomic E-state index is 12.9. The van der Waals surface area contributed by atoms with Crippen LogP contribution in [-0.4, -0.2) is 52.9 Å². The van der Waals surface area contributed by atoms with Gasteiger partial charge >= 0.3 is 0 Å². The van der Waals surface area contributed by atoms with Gasteiger partial charge in [0.2, 0.25) is 0 Å². The van der Waals surface area contributed by atoms with Crippen LogP contribution in [0.4, 0.5) is 5.69 Å². The lowest BCUT2D eigenvalue weighted by atomic mass is 10.1. The van der Waals surface area contributed by atoms with Gasteiger partial charge in [-0.3, -0.25) is 9.59 Å². The first-order valence-electron chi connectivity index (χ1n) is 8.43. The lowest BCUT2D eigenvalue weighted by Gasteiger charge is -2.32. The van der Waals surface area contributed by atoms with Crippen molar-refractivity contribution in [1.29, 1.82) is 0 Å². The molecule has 0 saturated carbocycles. The Labute approximate surface area is 168 Å².